The Labute approximate surface area is 132 Å². The van der Waals surface area contributed by atoms with Crippen molar-refractivity contribution in [3.05, 3.63) is 23.8 Å². The first-order chi connectivity index (χ1) is 10.6. The average molecular weight is 302 g/mol. The lowest BCUT2D eigenvalue weighted by molar-refractivity contribution is 0.0733. The van der Waals surface area contributed by atoms with Crippen molar-refractivity contribution in [1.82, 2.24) is 19.8 Å². The summed E-state index contributed by atoms with van der Waals surface area (Å²) in [7, 11) is 2.21. The van der Waals surface area contributed by atoms with Crippen LogP contribution in [0.2, 0.25) is 0 Å². The molecule has 3 rings (SSSR count). The van der Waals surface area contributed by atoms with Gasteiger partial charge in [-0.25, -0.2) is 9.97 Å². The second kappa shape index (κ2) is 6.32. The Kier molecular flexibility index (Phi) is 4.43. The quantitative estimate of drug-likeness (QED) is 0.797. The van der Waals surface area contributed by atoms with Crippen LogP contribution in [0.3, 0.4) is 0 Å². The van der Waals surface area contributed by atoms with E-state index in [1.807, 2.05) is 11.8 Å². The summed E-state index contributed by atoms with van der Waals surface area (Å²) in [6.45, 7) is 5.96. The van der Waals surface area contributed by atoms with Gasteiger partial charge in [-0.05, 0) is 64.6 Å². The van der Waals surface area contributed by atoms with Crippen molar-refractivity contribution in [3.63, 3.8) is 0 Å². The van der Waals surface area contributed by atoms with Crippen LogP contribution >= 0.6 is 0 Å². The molecule has 22 heavy (non-hydrogen) atoms. The molecule has 0 saturated carbocycles. The predicted octanol–water partition coefficient (Wildman–Crippen LogP) is 2.12. The first-order valence-corrected chi connectivity index (χ1v) is 8.35. The highest BCUT2D eigenvalue weighted by Gasteiger charge is 2.36. The summed E-state index contributed by atoms with van der Waals surface area (Å²) in [6, 6.07) is 0. The highest BCUT2D eigenvalue weighted by molar-refractivity contribution is 5.93. The van der Waals surface area contributed by atoms with Crippen LogP contribution < -0.4 is 0 Å². The number of hydrogen-bond acceptors (Lipinski definition) is 4. The van der Waals surface area contributed by atoms with Gasteiger partial charge in [0.25, 0.3) is 5.91 Å². The maximum absolute atomic E-state index is 12.6. The fraction of sp³-hybridized carbons (Fsp3) is 0.706. The van der Waals surface area contributed by atoms with Gasteiger partial charge in [0.1, 0.15) is 5.82 Å². The van der Waals surface area contributed by atoms with Crippen LogP contribution in [-0.4, -0.2) is 58.9 Å². The summed E-state index contributed by atoms with van der Waals surface area (Å²) < 4.78 is 0. The van der Waals surface area contributed by atoms with E-state index in [9.17, 15) is 4.79 Å². The van der Waals surface area contributed by atoms with E-state index in [-0.39, 0.29) is 5.91 Å². The molecule has 2 aliphatic rings. The summed E-state index contributed by atoms with van der Waals surface area (Å²) in [4.78, 5) is 25.3. The Morgan fingerprint density at radius 1 is 1.05 bits per heavy atom. The molecule has 0 radical (unpaired) electrons. The van der Waals surface area contributed by atoms with Gasteiger partial charge in [-0.2, -0.15) is 0 Å². The molecule has 5 heteroatoms. The highest BCUT2D eigenvalue weighted by Crippen LogP contribution is 2.41. The monoisotopic (exact) mass is 302 g/mol. The summed E-state index contributed by atoms with van der Waals surface area (Å²) in [5.41, 5.74) is 1.08. The van der Waals surface area contributed by atoms with Gasteiger partial charge in [0, 0.05) is 25.5 Å². The number of nitrogens with zero attached hydrogens (tertiary/aromatic N) is 4. The van der Waals surface area contributed by atoms with Crippen LogP contribution in [0.25, 0.3) is 0 Å². The van der Waals surface area contributed by atoms with Gasteiger partial charge < -0.3 is 9.80 Å². The van der Waals surface area contributed by atoms with Gasteiger partial charge in [-0.1, -0.05) is 0 Å². The molecular formula is C17H26N4O. The van der Waals surface area contributed by atoms with Crippen molar-refractivity contribution in [3.8, 4) is 0 Å². The van der Waals surface area contributed by atoms with E-state index in [0.29, 0.717) is 16.8 Å². The topological polar surface area (TPSA) is 49.3 Å². The maximum Gasteiger partial charge on any atom is 0.256 e. The SMILES string of the molecule is Cc1ncc(C(=O)N2CCCC3(CCN(C)CC3)CC2)cn1. The highest BCUT2D eigenvalue weighted by atomic mass is 16.2. The van der Waals surface area contributed by atoms with Crippen molar-refractivity contribution in [2.24, 2.45) is 5.41 Å². The van der Waals surface area contributed by atoms with E-state index in [0.717, 1.165) is 25.9 Å². The van der Waals surface area contributed by atoms with Crippen LogP contribution in [-0.2, 0) is 0 Å². The van der Waals surface area contributed by atoms with Gasteiger partial charge in [-0.3, -0.25) is 4.79 Å². The van der Waals surface area contributed by atoms with Crippen LogP contribution in [0.15, 0.2) is 12.4 Å². The molecular weight excluding hydrogens is 276 g/mol. The zero-order chi connectivity index (χ0) is 15.6. The van der Waals surface area contributed by atoms with Gasteiger partial charge in [0.15, 0.2) is 0 Å². The smallest absolute Gasteiger partial charge is 0.256 e. The molecule has 2 saturated heterocycles. The number of carbonyl (C=O) groups excluding carboxylic acids is 1. The molecule has 0 unspecified atom stereocenters. The number of likely N-dealkylation sites (tertiary alicyclic amines) is 2. The molecule has 2 aliphatic heterocycles. The molecule has 1 aromatic rings. The zero-order valence-electron chi connectivity index (χ0n) is 13.7. The third-order valence-corrected chi connectivity index (χ3v) is 5.41. The normalized spacial score (nSPS) is 22.5. The van der Waals surface area contributed by atoms with E-state index in [1.165, 1.54) is 32.4 Å². The second-order valence-electron chi connectivity index (χ2n) is 6.97. The summed E-state index contributed by atoms with van der Waals surface area (Å²) in [6.07, 6.45) is 9.37. The van der Waals surface area contributed by atoms with Gasteiger partial charge in [0.05, 0.1) is 5.56 Å². The second-order valence-corrected chi connectivity index (χ2v) is 6.97. The molecule has 0 aliphatic carbocycles. The fourth-order valence-electron chi connectivity index (χ4n) is 3.74. The first kappa shape index (κ1) is 15.4. The van der Waals surface area contributed by atoms with E-state index in [1.54, 1.807) is 12.4 Å². The molecule has 1 spiro atoms. The minimum Gasteiger partial charge on any atom is -0.339 e. The number of hydrogen-bond donors (Lipinski definition) is 0. The van der Waals surface area contributed by atoms with Crippen LogP contribution in [0.1, 0.15) is 48.3 Å². The van der Waals surface area contributed by atoms with Gasteiger partial charge >= 0.3 is 0 Å². The number of aryl methyl sites for hydroxylation is 1. The third-order valence-electron chi connectivity index (χ3n) is 5.41. The predicted molar refractivity (Wildman–Crippen MR) is 85.7 cm³/mol. The fourth-order valence-corrected chi connectivity index (χ4v) is 3.74. The van der Waals surface area contributed by atoms with Crippen molar-refractivity contribution in [1.29, 1.82) is 0 Å². The third kappa shape index (κ3) is 3.29. The molecule has 0 aromatic carbocycles. The molecule has 5 nitrogen and oxygen atoms in total. The van der Waals surface area contributed by atoms with Crippen LogP contribution in [0.5, 0.6) is 0 Å². The number of piperidine rings is 1. The molecule has 0 bridgehead atoms. The molecule has 1 aromatic heterocycles. The molecule has 2 fully saturated rings. The Bertz CT molecular complexity index is 520. The first-order valence-electron chi connectivity index (χ1n) is 8.35. The van der Waals surface area contributed by atoms with E-state index >= 15 is 0 Å². The van der Waals surface area contributed by atoms with E-state index in [2.05, 4.69) is 21.9 Å². The maximum atomic E-state index is 12.6. The summed E-state index contributed by atoms with van der Waals surface area (Å²) >= 11 is 0. The minimum atomic E-state index is 0.0879. The molecule has 0 N–H and O–H groups in total. The number of aromatic nitrogens is 2. The number of carbonyl (C=O) groups is 1. The van der Waals surface area contributed by atoms with Gasteiger partial charge in [-0.15, -0.1) is 0 Å². The van der Waals surface area contributed by atoms with E-state index < -0.39 is 0 Å². The van der Waals surface area contributed by atoms with Gasteiger partial charge in [0.2, 0.25) is 0 Å². The Morgan fingerprint density at radius 2 is 1.68 bits per heavy atom. The summed E-state index contributed by atoms with van der Waals surface area (Å²) in [5, 5.41) is 0. The molecule has 1 amide bonds. The van der Waals surface area contributed by atoms with Crippen molar-refractivity contribution in [2.45, 2.75) is 39.0 Å². The zero-order valence-corrected chi connectivity index (χ0v) is 13.7. The van der Waals surface area contributed by atoms with Crippen molar-refractivity contribution in [2.75, 3.05) is 33.2 Å². The average Bonchev–Trinajstić information content (AvgIpc) is 2.74. The largest absolute Gasteiger partial charge is 0.339 e. The van der Waals surface area contributed by atoms with Crippen LogP contribution in [0.4, 0.5) is 0 Å². The molecule has 0 atom stereocenters. The summed E-state index contributed by atoms with van der Waals surface area (Å²) in [5.74, 6) is 0.794. The van der Waals surface area contributed by atoms with Crippen molar-refractivity contribution < 1.29 is 4.79 Å². The minimum absolute atomic E-state index is 0.0879. The Morgan fingerprint density at radius 3 is 2.36 bits per heavy atom. The Balaban J connectivity index is 1.65. The lowest BCUT2D eigenvalue weighted by Crippen LogP contribution is -2.39. The van der Waals surface area contributed by atoms with Crippen LogP contribution in [0, 0.1) is 12.3 Å². The molecule has 120 valence electrons. The number of rotatable bonds is 1. The molecule has 3 heterocycles. The standard InChI is InChI=1S/C17H26N4O/c1-14-18-12-15(13-19-14)16(22)21-8-3-4-17(7-11-21)5-9-20(2)10-6-17/h12-13H,3-11H2,1-2H3. The Hall–Kier alpha value is -1.49. The van der Waals surface area contributed by atoms with Crippen molar-refractivity contribution >= 4 is 5.91 Å². The lowest BCUT2D eigenvalue weighted by Gasteiger charge is -2.40. The number of amides is 1. The van der Waals surface area contributed by atoms with E-state index in [4.69, 9.17) is 0 Å². The lowest BCUT2D eigenvalue weighted by atomic mass is 9.73.